The van der Waals surface area contributed by atoms with E-state index in [0.29, 0.717) is 18.5 Å². The molecule has 3 aromatic rings. The number of likely N-dealkylation sites (N-methyl/N-ethyl adjacent to an activating group) is 1. The molecular weight excluding hydrogens is 392 g/mol. The predicted molar refractivity (Wildman–Crippen MR) is 116 cm³/mol. The number of carbonyl (C=O) groups excluding carboxylic acids is 2. The van der Waals surface area contributed by atoms with Gasteiger partial charge in [0.25, 0.3) is 11.8 Å². The first-order valence-electron chi connectivity index (χ1n) is 10.2. The van der Waals surface area contributed by atoms with Gasteiger partial charge in [0.1, 0.15) is 0 Å². The number of hydrogen-bond donors (Lipinski definition) is 1. The fourth-order valence-electron chi connectivity index (χ4n) is 3.91. The summed E-state index contributed by atoms with van der Waals surface area (Å²) < 4.78 is 6.05. The van der Waals surface area contributed by atoms with Gasteiger partial charge in [-0.05, 0) is 34.9 Å². The second-order valence-corrected chi connectivity index (χ2v) is 7.51. The van der Waals surface area contributed by atoms with Gasteiger partial charge in [-0.2, -0.15) is 0 Å². The van der Waals surface area contributed by atoms with Gasteiger partial charge in [-0.25, -0.2) is 0 Å². The topological polar surface area (TPSA) is 84.4 Å². The molecule has 1 aliphatic heterocycles. The van der Waals surface area contributed by atoms with E-state index < -0.39 is 5.60 Å². The largest absolute Gasteiger partial charge is 0.361 e. The minimum atomic E-state index is -1.17. The van der Waals surface area contributed by atoms with Crippen LogP contribution in [0.15, 0.2) is 73.3 Å². The molecule has 3 heterocycles. The van der Waals surface area contributed by atoms with E-state index in [4.69, 9.17) is 4.74 Å². The summed E-state index contributed by atoms with van der Waals surface area (Å²) in [5.41, 5.74) is 2.28. The van der Waals surface area contributed by atoms with Gasteiger partial charge in [0, 0.05) is 44.8 Å². The quantitative estimate of drug-likeness (QED) is 0.690. The van der Waals surface area contributed by atoms with E-state index in [1.807, 2.05) is 36.4 Å². The van der Waals surface area contributed by atoms with E-state index in [2.05, 4.69) is 15.3 Å². The number of ether oxygens (including phenoxy) is 1. The van der Waals surface area contributed by atoms with Crippen LogP contribution in [0.25, 0.3) is 11.1 Å². The van der Waals surface area contributed by atoms with Gasteiger partial charge in [-0.1, -0.05) is 30.3 Å². The van der Waals surface area contributed by atoms with Gasteiger partial charge >= 0.3 is 0 Å². The van der Waals surface area contributed by atoms with Crippen molar-refractivity contribution in [1.29, 1.82) is 0 Å². The minimum absolute atomic E-state index is 0.159. The third-order valence-corrected chi connectivity index (χ3v) is 5.43. The molecule has 0 radical (unpaired) electrons. The van der Waals surface area contributed by atoms with Crippen molar-refractivity contribution in [2.45, 2.75) is 12.0 Å². The van der Waals surface area contributed by atoms with Crippen LogP contribution in [0, 0.1) is 0 Å². The highest BCUT2D eigenvalue weighted by molar-refractivity contribution is 5.95. The van der Waals surface area contributed by atoms with Gasteiger partial charge in [-0.3, -0.25) is 19.6 Å². The Morgan fingerprint density at radius 1 is 1.06 bits per heavy atom. The summed E-state index contributed by atoms with van der Waals surface area (Å²) in [7, 11) is 1.58. The average molecular weight is 416 g/mol. The Balaban J connectivity index is 1.61. The molecule has 158 valence electrons. The Labute approximate surface area is 181 Å². The Kier molecular flexibility index (Phi) is 6.04. The Hall–Kier alpha value is -3.58. The van der Waals surface area contributed by atoms with Crippen molar-refractivity contribution in [2.75, 3.05) is 26.7 Å². The number of morpholine rings is 1. The number of carbonyl (C=O) groups is 2. The van der Waals surface area contributed by atoms with Crippen molar-refractivity contribution >= 4 is 11.8 Å². The van der Waals surface area contributed by atoms with E-state index in [9.17, 15) is 9.59 Å². The maximum atomic E-state index is 13.0. The zero-order valence-corrected chi connectivity index (χ0v) is 17.3. The highest BCUT2D eigenvalue weighted by Gasteiger charge is 2.44. The number of nitrogens with one attached hydrogen (secondary N) is 1. The number of benzene rings is 1. The zero-order valence-electron chi connectivity index (χ0n) is 17.3. The van der Waals surface area contributed by atoms with Crippen LogP contribution >= 0.6 is 0 Å². The fraction of sp³-hybridized carbons (Fsp3) is 0.250. The molecule has 1 atom stereocenters. The Bertz CT molecular complexity index is 1060. The maximum absolute atomic E-state index is 13.0. The van der Waals surface area contributed by atoms with Gasteiger partial charge < -0.3 is 15.0 Å². The summed E-state index contributed by atoms with van der Waals surface area (Å²) in [5, 5.41) is 2.72. The second kappa shape index (κ2) is 9.06. The second-order valence-electron chi connectivity index (χ2n) is 7.51. The van der Waals surface area contributed by atoms with E-state index in [0.717, 1.165) is 16.7 Å². The molecule has 0 spiro atoms. The molecule has 1 N–H and O–H groups in total. The SMILES string of the molecule is CNC(=O)[C@@]1(Cc2cccc(-c3cccnc3)c2)CN(C(=O)c2cccnc2)CCO1. The fourth-order valence-corrected chi connectivity index (χ4v) is 3.91. The van der Waals surface area contributed by atoms with Gasteiger partial charge in [0.05, 0.1) is 18.7 Å². The Morgan fingerprint density at radius 3 is 2.55 bits per heavy atom. The van der Waals surface area contributed by atoms with Crippen molar-refractivity contribution in [1.82, 2.24) is 20.2 Å². The molecule has 2 amide bonds. The van der Waals surface area contributed by atoms with Gasteiger partial charge in [0.2, 0.25) is 0 Å². The predicted octanol–water partition coefficient (Wildman–Crippen LogP) is 2.34. The van der Waals surface area contributed by atoms with Crippen molar-refractivity contribution in [3.05, 3.63) is 84.4 Å². The summed E-state index contributed by atoms with van der Waals surface area (Å²) in [4.78, 5) is 35.8. The minimum Gasteiger partial charge on any atom is -0.361 e. The molecule has 1 aromatic carbocycles. The first kappa shape index (κ1) is 20.7. The number of pyridine rings is 2. The van der Waals surface area contributed by atoms with Crippen molar-refractivity contribution in [3.63, 3.8) is 0 Å². The first-order valence-corrected chi connectivity index (χ1v) is 10.2. The standard InChI is InChI=1S/C24H24N4O3/c1-25-23(30)24(14-18-5-2-6-19(13-18)20-7-3-9-26-15-20)17-28(11-12-31-24)22(29)21-8-4-10-27-16-21/h2-10,13,15-16H,11-12,14,17H2,1H3,(H,25,30)/t24-/m1/s1. The van der Waals surface area contributed by atoms with E-state index >= 15 is 0 Å². The average Bonchev–Trinajstić information content (AvgIpc) is 2.84. The Morgan fingerprint density at radius 2 is 1.84 bits per heavy atom. The normalized spacial score (nSPS) is 18.4. The monoisotopic (exact) mass is 416 g/mol. The van der Waals surface area contributed by atoms with Crippen LogP contribution in [0.4, 0.5) is 0 Å². The molecule has 1 saturated heterocycles. The number of rotatable bonds is 5. The van der Waals surface area contributed by atoms with E-state index in [-0.39, 0.29) is 25.0 Å². The maximum Gasteiger partial charge on any atom is 0.255 e. The van der Waals surface area contributed by atoms with Gasteiger partial charge in [-0.15, -0.1) is 0 Å². The summed E-state index contributed by atoms with van der Waals surface area (Å²) in [5.74, 6) is -0.406. The zero-order chi connectivity index (χ0) is 21.7. The summed E-state index contributed by atoms with van der Waals surface area (Å²) in [6.07, 6.45) is 7.05. The molecule has 1 fully saturated rings. The van der Waals surface area contributed by atoms with E-state index in [1.165, 1.54) is 6.20 Å². The third kappa shape index (κ3) is 4.46. The summed E-state index contributed by atoms with van der Waals surface area (Å²) >= 11 is 0. The van der Waals surface area contributed by atoms with Crippen LogP contribution in [0.1, 0.15) is 15.9 Å². The molecule has 0 aliphatic carbocycles. The lowest BCUT2D eigenvalue weighted by molar-refractivity contribution is -0.156. The lowest BCUT2D eigenvalue weighted by atomic mass is 9.89. The van der Waals surface area contributed by atoms with Gasteiger partial charge in [0.15, 0.2) is 5.60 Å². The third-order valence-electron chi connectivity index (χ3n) is 5.43. The lowest BCUT2D eigenvalue weighted by Gasteiger charge is -2.41. The molecular formula is C24H24N4O3. The molecule has 0 bridgehead atoms. The summed E-state index contributed by atoms with van der Waals surface area (Å²) in [6, 6.07) is 15.3. The van der Waals surface area contributed by atoms with Crippen LogP contribution in [0.3, 0.4) is 0 Å². The summed E-state index contributed by atoms with van der Waals surface area (Å²) in [6.45, 7) is 0.863. The van der Waals surface area contributed by atoms with E-state index in [1.54, 1.807) is 42.7 Å². The molecule has 4 rings (SSSR count). The molecule has 7 heteroatoms. The number of nitrogens with zero attached hydrogens (tertiary/aromatic N) is 3. The number of amides is 2. The van der Waals surface area contributed by atoms with Crippen LogP contribution in [-0.4, -0.2) is 59.0 Å². The smallest absolute Gasteiger partial charge is 0.255 e. The number of aromatic nitrogens is 2. The van der Waals surface area contributed by atoms with Crippen LogP contribution in [0.5, 0.6) is 0 Å². The van der Waals surface area contributed by atoms with Crippen LogP contribution in [0.2, 0.25) is 0 Å². The van der Waals surface area contributed by atoms with Crippen molar-refractivity contribution in [3.8, 4) is 11.1 Å². The van der Waals surface area contributed by atoms with Crippen LogP contribution < -0.4 is 5.32 Å². The molecule has 31 heavy (non-hydrogen) atoms. The molecule has 0 unspecified atom stereocenters. The molecule has 1 aliphatic rings. The van der Waals surface area contributed by atoms with Crippen molar-refractivity contribution in [2.24, 2.45) is 0 Å². The molecule has 2 aromatic heterocycles. The first-order chi connectivity index (χ1) is 15.1. The van der Waals surface area contributed by atoms with Crippen LogP contribution in [-0.2, 0) is 16.0 Å². The highest BCUT2D eigenvalue weighted by atomic mass is 16.5. The number of hydrogen-bond acceptors (Lipinski definition) is 5. The highest BCUT2D eigenvalue weighted by Crippen LogP contribution is 2.27. The molecule has 0 saturated carbocycles. The lowest BCUT2D eigenvalue weighted by Crippen LogP contribution is -2.61. The van der Waals surface area contributed by atoms with Crippen molar-refractivity contribution < 1.29 is 14.3 Å². The molecule has 7 nitrogen and oxygen atoms in total.